The smallest absolute Gasteiger partial charge is 0.0918 e. The van der Waals surface area contributed by atoms with E-state index >= 15 is 0 Å². The van der Waals surface area contributed by atoms with E-state index in [-0.39, 0.29) is 0 Å². The lowest BCUT2D eigenvalue weighted by Gasteiger charge is -2.12. The zero-order valence-electron chi connectivity index (χ0n) is 12.9. The minimum atomic E-state index is 0.810. The molecule has 0 aliphatic carbocycles. The van der Waals surface area contributed by atoms with Crippen molar-refractivity contribution >= 4 is 11.7 Å². The first-order valence-corrected chi connectivity index (χ1v) is 7.68. The molecule has 0 fully saturated rings. The highest BCUT2D eigenvalue weighted by molar-refractivity contribution is 5.58. The topological polar surface area (TPSA) is 36.2 Å². The molecule has 0 spiro atoms. The monoisotopic (exact) mass is 298 g/mol. The van der Waals surface area contributed by atoms with E-state index in [1.807, 2.05) is 24.3 Å². The first-order valence-electron chi connectivity index (χ1n) is 7.68. The summed E-state index contributed by atoms with van der Waals surface area (Å²) in [6, 6.07) is 29.1. The molecule has 0 bridgehead atoms. The Morgan fingerprint density at radius 2 is 1.30 bits per heavy atom. The van der Waals surface area contributed by atoms with Gasteiger partial charge in [0.2, 0.25) is 0 Å². The van der Waals surface area contributed by atoms with E-state index < -0.39 is 0 Å². The van der Waals surface area contributed by atoms with Crippen LogP contribution >= 0.6 is 0 Å². The highest BCUT2D eigenvalue weighted by Gasteiger charge is 2.09. The molecule has 0 unspecified atom stereocenters. The molecule has 0 saturated heterocycles. The van der Waals surface area contributed by atoms with Crippen LogP contribution in [0.4, 0.5) is 5.69 Å². The average molecular weight is 298 g/mol. The van der Waals surface area contributed by atoms with Crippen LogP contribution in [0.2, 0.25) is 0 Å². The summed E-state index contributed by atoms with van der Waals surface area (Å²) in [5.41, 5.74) is 5.77. The van der Waals surface area contributed by atoms with Crippen LogP contribution in [0.15, 0.2) is 83.9 Å². The molecular weight excluding hydrogens is 280 g/mol. The van der Waals surface area contributed by atoms with Gasteiger partial charge in [0.15, 0.2) is 0 Å². The van der Waals surface area contributed by atoms with Crippen molar-refractivity contribution in [2.24, 2.45) is 4.99 Å². The van der Waals surface area contributed by atoms with Crippen molar-refractivity contribution in [2.75, 3.05) is 0 Å². The van der Waals surface area contributed by atoms with Crippen molar-refractivity contribution in [2.45, 2.75) is 12.8 Å². The van der Waals surface area contributed by atoms with Crippen molar-refractivity contribution in [3.8, 4) is 0 Å². The summed E-state index contributed by atoms with van der Waals surface area (Å²) in [5.74, 6) is 0. The van der Waals surface area contributed by atoms with Crippen LogP contribution in [-0.4, -0.2) is 6.01 Å². The fourth-order valence-corrected chi connectivity index (χ4v) is 2.77. The maximum absolute atomic E-state index is 7.19. The first kappa shape index (κ1) is 15.0. The van der Waals surface area contributed by atoms with Crippen molar-refractivity contribution in [1.82, 2.24) is 0 Å². The largest absolute Gasteiger partial charge is 0.241 e. The van der Waals surface area contributed by atoms with Gasteiger partial charge in [-0.2, -0.15) is 4.99 Å². The van der Waals surface area contributed by atoms with E-state index in [9.17, 15) is 0 Å². The third-order valence-electron chi connectivity index (χ3n) is 3.89. The zero-order valence-corrected chi connectivity index (χ0v) is 12.9. The van der Waals surface area contributed by atoms with Gasteiger partial charge in [0.05, 0.1) is 11.7 Å². The molecule has 2 heteroatoms. The van der Waals surface area contributed by atoms with Gasteiger partial charge >= 0.3 is 0 Å². The van der Waals surface area contributed by atoms with Crippen molar-refractivity contribution < 1.29 is 0 Å². The summed E-state index contributed by atoms with van der Waals surface area (Å²) >= 11 is 0. The van der Waals surface area contributed by atoms with Crippen LogP contribution in [0.3, 0.4) is 0 Å². The minimum absolute atomic E-state index is 0.810. The quantitative estimate of drug-likeness (QED) is 0.624. The van der Waals surface area contributed by atoms with Gasteiger partial charge in [-0.3, -0.25) is 0 Å². The Bertz CT molecular complexity index is 817. The van der Waals surface area contributed by atoms with Crippen LogP contribution < -0.4 is 0 Å². The third-order valence-corrected chi connectivity index (χ3v) is 3.89. The normalized spacial score (nSPS) is 10.1. The SMILES string of the molecule is N=C=Nc1cccc(Cc2ccccc2)c1Cc1ccccc1. The molecule has 0 aliphatic heterocycles. The maximum Gasteiger partial charge on any atom is 0.0918 e. The van der Waals surface area contributed by atoms with E-state index in [2.05, 4.69) is 65.6 Å². The summed E-state index contributed by atoms with van der Waals surface area (Å²) in [7, 11) is 0. The molecule has 3 aromatic rings. The maximum atomic E-state index is 7.19. The zero-order chi connectivity index (χ0) is 15.9. The fraction of sp³-hybridized carbons (Fsp3) is 0.0952. The lowest BCUT2D eigenvalue weighted by molar-refractivity contribution is 1.09. The number of rotatable bonds is 5. The molecule has 0 aliphatic rings. The molecule has 0 saturated carbocycles. The Kier molecular flexibility index (Phi) is 4.78. The molecule has 0 radical (unpaired) electrons. The molecule has 112 valence electrons. The minimum Gasteiger partial charge on any atom is -0.241 e. The second-order valence-corrected chi connectivity index (χ2v) is 5.46. The van der Waals surface area contributed by atoms with Gasteiger partial charge in [-0.15, -0.1) is 0 Å². The predicted octanol–water partition coefficient (Wildman–Crippen LogP) is 5.25. The van der Waals surface area contributed by atoms with Gasteiger partial charge in [-0.05, 0) is 41.2 Å². The van der Waals surface area contributed by atoms with Gasteiger partial charge in [0.1, 0.15) is 0 Å². The predicted molar refractivity (Wildman–Crippen MR) is 94.8 cm³/mol. The van der Waals surface area contributed by atoms with Crippen LogP contribution in [0.5, 0.6) is 0 Å². The number of benzene rings is 3. The third kappa shape index (κ3) is 3.82. The molecule has 0 aromatic heterocycles. The summed E-state index contributed by atoms with van der Waals surface area (Å²) < 4.78 is 0. The molecule has 0 atom stereocenters. The number of nitrogens with one attached hydrogen (secondary N) is 1. The van der Waals surface area contributed by atoms with Crippen LogP contribution in [0.1, 0.15) is 22.3 Å². The van der Waals surface area contributed by atoms with Crippen LogP contribution in [0, 0.1) is 5.41 Å². The van der Waals surface area contributed by atoms with E-state index in [1.165, 1.54) is 22.3 Å². The first-order chi connectivity index (χ1) is 11.4. The molecule has 2 nitrogen and oxygen atoms in total. The second kappa shape index (κ2) is 7.35. The van der Waals surface area contributed by atoms with Gasteiger partial charge in [0.25, 0.3) is 0 Å². The average Bonchev–Trinajstić information content (AvgIpc) is 2.60. The van der Waals surface area contributed by atoms with Crippen molar-refractivity contribution in [3.63, 3.8) is 0 Å². The Hall–Kier alpha value is -2.96. The number of hydrogen-bond donors (Lipinski definition) is 1. The summed E-state index contributed by atoms with van der Waals surface area (Å²) in [6.45, 7) is 0. The number of aliphatic imine (C=N–C) groups is 1. The Balaban J connectivity index is 2.01. The van der Waals surface area contributed by atoms with Gasteiger partial charge in [-0.25, -0.2) is 5.41 Å². The molecule has 3 aromatic carbocycles. The van der Waals surface area contributed by atoms with Gasteiger partial charge < -0.3 is 0 Å². The van der Waals surface area contributed by atoms with Crippen LogP contribution in [-0.2, 0) is 12.8 Å². The van der Waals surface area contributed by atoms with E-state index in [0.717, 1.165) is 18.5 Å². The Morgan fingerprint density at radius 1 is 0.696 bits per heavy atom. The fourth-order valence-electron chi connectivity index (χ4n) is 2.77. The Labute approximate surface area is 136 Å². The molecule has 3 rings (SSSR count). The molecular formula is C21H18N2. The number of nitrogens with zero attached hydrogens (tertiary/aromatic N) is 1. The standard InChI is InChI=1S/C21H18N2/c22-16-23-21-13-7-12-19(14-17-8-3-1-4-9-17)20(21)15-18-10-5-2-6-11-18/h1-13,22H,14-15H2. The summed E-state index contributed by atoms with van der Waals surface area (Å²) in [5, 5.41) is 7.19. The highest BCUT2D eigenvalue weighted by atomic mass is 14.7. The molecule has 0 heterocycles. The lowest BCUT2D eigenvalue weighted by Crippen LogP contribution is -1.98. The summed E-state index contributed by atoms with van der Waals surface area (Å²) in [4.78, 5) is 4.12. The van der Waals surface area contributed by atoms with E-state index in [1.54, 1.807) is 0 Å². The highest BCUT2D eigenvalue weighted by Crippen LogP contribution is 2.27. The van der Waals surface area contributed by atoms with Gasteiger partial charge in [0, 0.05) is 0 Å². The second-order valence-electron chi connectivity index (χ2n) is 5.46. The summed E-state index contributed by atoms with van der Waals surface area (Å²) in [6.07, 6.45) is 1.68. The van der Waals surface area contributed by atoms with E-state index in [4.69, 9.17) is 5.41 Å². The van der Waals surface area contributed by atoms with Crippen molar-refractivity contribution in [3.05, 3.63) is 101 Å². The van der Waals surface area contributed by atoms with Crippen molar-refractivity contribution in [1.29, 1.82) is 5.41 Å². The molecule has 23 heavy (non-hydrogen) atoms. The Morgan fingerprint density at radius 3 is 1.91 bits per heavy atom. The lowest BCUT2D eigenvalue weighted by atomic mass is 9.94. The van der Waals surface area contributed by atoms with E-state index in [0.29, 0.717) is 0 Å². The van der Waals surface area contributed by atoms with Crippen LogP contribution in [0.25, 0.3) is 0 Å². The van der Waals surface area contributed by atoms with Gasteiger partial charge in [-0.1, -0.05) is 72.8 Å². The molecule has 0 amide bonds. The number of hydrogen-bond acceptors (Lipinski definition) is 2. The molecule has 1 N–H and O–H groups in total.